The highest BCUT2D eigenvalue weighted by atomic mass is 16.5. The fourth-order valence-corrected chi connectivity index (χ4v) is 7.79. The van der Waals surface area contributed by atoms with Crippen LogP contribution in [0.25, 0.3) is 0 Å². The molecule has 0 unspecified atom stereocenters. The molecule has 3 heteroatoms. The average molecular weight is 361 g/mol. The van der Waals surface area contributed by atoms with E-state index in [9.17, 15) is 9.59 Å². The van der Waals surface area contributed by atoms with Crippen LogP contribution in [-0.4, -0.2) is 17.9 Å². The van der Waals surface area contributed by atoms with Gasteiger partial charge < -0.3 is 4.74 Å². The monoisotopic (exact) mass is 360 g/mol. The quantitative estimate of drug-likeness (QED) is 0.638. The third-order valence-corrected chi connectivity index (χ3v) is 9.28. The molecular weight excluding hydrogens is 324 g/mol. The molecule has 4 saturated carbocycles. The van der Waals surface area contributed by atoms with Gasteiger partial charge in [-0.3, -0.25) is 9.59 Å². The van der Waals surface area contributed by atoms with E-state index in [4.69, 9.17) is 4.74 Å². The molecule has 0 radical (unpaired) electrons. The van der Waals surface area contributed by atoms with Crippen LogP contribution in [0.5, 0.6) is 0 Å². The Kier molecular flexibility index (Phi) is 4.51. The molecule has 0 aliphatic heterocycles. The van der Waals surface area contributed by atoms with Crippen molar-refractivity contribution in [3.63, 3.8) is 0 Å². The molecule has 26 heavy (non-hydrogen) atoms. The summed E-state index contributed by atoms with van der Waals surface area (Å²) in [5.74, 6) is 3.53. The van der Waals surface area contributed by atoms with E-state index >= 15 is 0 Å². The highest BCUT2D eigenvalue weighted by Gasteiger charge is 2.61. The van der Waals surface area contributed by atoms with Crippen molar-refractivity contribution in [2.75, 3.05) is 0 Å². The molecule has 0 bridgehead atoms. The molecule has 8 atom stereocenters. The van der Waals surface area contributed by atoms with E-state index in [1.165, 1.54) is 32.1 Å². The van der Waals surface area contributed by atoms with E-state index in [0.29, 0.717) is 29.5 Å². The van der Waals surface area contributed by atoms with Crippen molar-refractivity contribution >= 4 is 11.8 Å². The van der Waals surface area contributed by atoms with Crippen molar-refractivity contribution in [2.24, 2.45) is 40.4 Å². The third kappa shape index (κ3) is 2.59. The molecule has 0 aromatic carbocycles. The van der Waals surface area contributed by atoms with Gasteiger partial charge in [-0.15, -0.1) is 0 Å². The fourth-order valence-electron chi connectivity index (χ4n) is 7.79. The van der Waals surface area contributed by atoms with Gasteiger partial charge in [0.2, 0.25) is 0 Å². The second kappa shape index (κ2) is 6.34. The molecule has 0 aromatic rings. The van der Waals surface area contributed by atoms with E-state index in [-0.39, 0.29) is 23.4 Å². The standard InChI is InChI=1S/C23H36O3/c1-5-21(25)26-20-9-8-17-16-7-6-15-12-19(24)14(2)13-23(15,4)18(16)10-11-22(17,20)3/h14-18,20H,5-13H2,1-4H3/t14-,15-,16+,17+,18+,20-,22-,23-/m0/s1. The Hall–Kier alpha value is -0.860. The first-order chi connectivity index (χ1) is 12.3. The summed E-state index contributed by atoms with van der Waals surface area (Å²) in [5.41, 5.74) is 0.515. The van der Waals surface area contributed by atoms with Gasteiger partial charge in [0.15, 0.2) is 0 Å². The van der Waals surface area contributed by atoms with Crippen LogP contribution in [0.15, 0.2) is 0 Å². The summed E-state index contributed by atoms with van der Waals surface area (Å²) in [6.07, 6.45) is 9.72. The molecule has 0 saturated heterocycles. The normalized spacial score (nSPS) is 50.5. The minimum atomic E-state index is -0.0331. The first kappa shape index (κ1) is 18.5. The Morgan fingerprint density at radius 2 is 1.81 bits per heavy atom. The first-order valence-electron chi connectivity index (χ1n) is 11.0. The maximum Gasteiger partial charge on any atom is 0.305 e. The molecule has 0 N–H and O–H groups in total. The lowest BCUT2D eigenvalue weighted by molar-refractivity contribution is -0.165. The zero-order chi connectivity index (χ0) is 18.7. The lowest BCUT2D eigenvalue weighted by atomic mass is 9.44. The Bertz CT molecular complexity index is 598. The van der Waals surface area contributed by atoms with Crippen LogP contribution >= 0.6 is 0 Å². The second-order valence-corrected chi connectivity index (χ2v) is 10.4. The van der Waals surface area contributed by atoms with Crippen LogP contribution in [0.3, 0.4) is 0 Å². The molecule has 0 aromatic heterocycles. The first-order valence-corrected chi connectivity index (χ1v) is 11.0. The third-order valence-electron chi connectivity index (χ3n) is 9.28. The average Bonchev–Trinajstić information content (AvgIpc) is 2.93. The summed E-state index contributed by atoms with van der Waals surface area (Å²) < 4.78 is 5.89. The smallest absolute Gasteiger partial charge is 0.305 e. The summed E-state index contributed by atoms with van der Waals surface area (Å²) in [6.45, 7) is 8.94. The zero-order valence-corrected chi connectivity index (χ0v) is 17.1. The lowest BCUT2D eigenvalue weighted by Gasteiger charge is -2.60. The van der Waals surface area contributed by atoms with Crippen molar-refractivity contribution in [3.05, 3.63) is 0 Å². The van der Waals surface area contributed by atoms with Gasteiger partial charge in [-0.05, 0) is 74.0 Å². The molecule has 4 aliphatic carbocycles. The lowest BCUT2D eigenvalue weighted by Crippen LogP contribution is -2.55. The number of carbonyl (C=O) groups excluding carboxylic acids is 2. The van der Waals surface area contributed by atoms with Gasteiger partial charge in [0, 0.05) is 24.2 Å². The Balaban J connectivity index is 1.57. The second-order valence-electron chi connectivity index (χ2n) is 10.4. The molecular formula is C23H36O3. The Morgan fingerprint density at radius 1 is 1.08 bits per heavy atom. The number of hydrogen-bond acceptors (Lipinski definition) is 3. The predicted molar refractivity (Wildman–Crippen MR) is 101 cm³/mol. The molecule has 0 amide bonds. The number of fused-ring (bicyclic) bond motifs is 5. The van der Waals surface area contributed by atoms with E-state index in [2.05, 4.69) is 20.8 Å². The van der Waals surface area contributed by atoms with Crippen LogP contribution in [0.2, 0.25) is 0 Å². The molecule has 146 valence electrons. The molecule has 4 aliphatic rings. The van der Waals surface area contributed by atoms with Crippen LogP contribution in [0, 0.1) is 40.4 Å². The Morgan fingerprint density at radius 3 is 2.54 bits per heavy atom. The van der Waals surface area contributed by atoms with Gasteiger partial charge in [0.25, 0.3) is 0 Å². The van der Waals surface area contributed by atoms with Crippen molar-refractivity contribution in [1.82, 2.24) is 0 Å². The van der Waals surface area contributed by atoms with Crippen LogP contribution in [0.4, 0.5) is 0 Å². The number of ketones is 1. The van der Waals surface area contributed by atoms with E-state index in [1.54, 1.807) is 0 Å². The molecule has 3 nitrogen and oxygen atoms in total. The highest BCUT2D eigenvalue weighted by Crippen LogP contribution is 2.66. The summed E-state index contributed by atoms with van der Waals surface area (Å²) in [5, 5.41) is 0. The SMILES string of the molecule is CCC(=O)O[C@H]1CC[C@@H]2[C@H]3CC[C@H]4CC(=O)[C@@H](C)C[C@]4(C)[C@@H]3CC[C@]12C. The van der Waals surface area contributed by atoms with Crippen LogP contribution in [0.1, 0.15) is 85.5 Å². The molecule has 0 spiro atoms. The molecule has 0 heterocycles. The summed E-state index contributed by atoms with van der Waals surface area (Å²) in [4.78, 5) is 24.2. The highest BCUT2D eigenvalue weighted by molar-refractivity contribution is 5.82. The fraction of sp³-hybridized carbons (Fsp3) is 0.913. The Labute approximate surface area is 158 Å². The van der Waals surface area contributed by atoms with Crippen LogP contribution < -0.4 is 0 Å². The topological polar surface area (TPSA) is 43.4 Å². The zero-order valence-electron chi connectivity index (χ0n) is 17.1. The number of hydrogen-bond donors (Lipinski definition) is 0. The number of Topliss-reactive ketones (excluding diaryl/α,β-unsaturated/α-hetero) is 1. The van der Waals surface area contributed by atoms with Gasteiger partial charge in [-0.1, -0.05) is 27.7 Å². The van der Waals surface area contributed by atoms with Crippen LogP contribution in [-0.2, 0) is 14.3 Å². The van der Waals surface area contributed by atoms with Crippen molar-refractivity contribution < 1.29 is 14.3 Å². The summed E-state index contributed by atoms with van der Waals surface area (Å²) in [7, 11) is 0. The van der Waals surface area contributed by atoms with Gasteiger partial charge in [0.05, 0.1) is 0 Å². The van der Waals surface area contributed by atoms with Gasteiger partial charge in [-0.25, -0.2) is 0 Å². The number of esters is 1. The van der Waals surface area contributed by atoms with Crippen molar-refractivity contribution in [2.45, 2.75) is 91.6 Å². The summed E-state index contributed by atoms with van der Waals surface area (Å²) >= 11 is 0. The maximum atomic E-state index is 12.3. The minimum Gasteiger partial charge on any atom is -0.462 e. The molecule has 4 rings (SSSR count). The molecule has 4 fully saturated rings. The van der Waals surface area contributed by atoms with E-state index in [1.807, 2.05) is 6.92 Å². The van der Waals surface area contributed by atoms with E-state index < -0.39 is 0 Å². The predicted octanol–water partition coefficient (Wildman–Crippen LogP) is 5.17. The largest absolute Gasteiger partial charge is 0.462 e. The van der Waals surface area contributed by atoms with Crippen molar-refractivity contribution in [1.29, 1.82) is 0 Å². The van der Waals surface area contributed by atoms with E-state index in [0.717, 1.165) is 31.1 Å². The van der Waals surface area contributed by atoms with Gasteiger partial charge in [-0.2, -0.15) is 0 Å². The van der Waals surface area contributed by atoms with Gasteiger partial charge in [0.1, 0.15) is 11.9 Å². The number of carbonyl (C=O) groups is 2. The minimum absolute atomic E-state index is 0.0331. The summed E-state index contributed by atoms with van der Waals surface area (Å²) in [6, 6.07) is 0. The van der Waals surface area contributed by atoms with Gasteiger partial charge >= 0.3 is 5.97 Å². The number of rotatable bonds is 2. The maximum absolute atomic E-state index is 12.3. The number of ether oxygens (including phenoxy) is 1. The van der Waals surface area contributed by atoms with Crippen molar-refractivity contribution in [3.8, 4) is 0 Å².